The Morgan fingerprint density at radius 3 is 2.84 bits per heavy atom. The van der Waals surface area contributed by atoms with Crippen LogP contribution in [0, 0.1) is 6.92 Å². The van der Waals surface area contributed by atoms with Crippen LogP contribution in [0.2, 0.25) is 0 Å². The molecule has 4 nitrogen and oxygen atoms in total. The van der Waals surface area contributed by atoms with Crippen LogP contribution in [0.15, 0.2) is 10.4 Å². The van der Waals surface area contributed by atoms with Crippen LogP contribution in [0.25, 0.3) is 0 Å². The molecule has 0 saturated carbocycles. The number of aryl methyl sites for hydroxylation is 1. The first kappa shape index (κ1) is 18.6. The second-order valence-electron chi connectivity index (χ2n) is 4.36. The molecule has 1 aromatic heterocycles. The van der Waals surface area contributed by atoms with Crippen LogP contribution in [0.1, 0.15) is 43.3 Å². The first-order valence-electron chi connectivity index (χ1n) is 6.67. The molecule has 0 amide bonds. The summed E-state index contributed by atoms with van der Waals surface area (Å²) in [5, 5.41) is 6.33. The summed E-state index contributed by atoms with van der Waals surface area (Å²) in [5.74, 6) is 0.554. The maximum atomic E-state index is 5.78. The van der Waals surface area contributed by atoms with Gasteiger partial charge in [-0.1, -0.05) is 26.2 Å². The number of aliphatic imine (C=N–C) groups is 1. The summed E-state index contributed by atoms with van der Waals surface area (Å²) in [6, 6.07) is 0. The number of nitrogens with two attached hydrogens (primary N) is 1. The molecule has 1 rings (SSSR count). The number of halogens is 1. The van der Waals surface area contributed by atoms with Gasteiger partial charge < -0.3 is 11.1 Å². The topological polar surface area (TPSA) is 63.3 Å². The zero-order valence-corrected chi connectivity index (χ0v) is 15.0. The fourth-order valence-electron chi connectivity index (χ4n) is 1.64. The third-order valence-electron chi connectivity index (χ3n) is 2.65. The number of nitrogens with one attached hydrogen (secondary N) is 1. The second kappa shape index (κ2) is 11.5. The Kier molecular flexibility index (Phi) is 11.2. The second-order valence-corrected chi connectivity index (χ2v) is 5.42. The van der Waals surface area contributed by atoms with Crippen molar-refractivity contribution < 1.29 is 0 Å². The van der Waals surface area contributed by atoms with E-state index in [-0.39, 0.29) is 24.0 Å². The van der Waals surface area contributed by atoms with E-state index in [2.05, 4.69) is 27.6 Å². The van der Waals surface area contributed by atoms with Crippen LogP contribution in [-0.2, 0) is 6.42 Å². The molecule has 0 aromatic carbocycles. The lowest BCUT2D eigenvalue weighted by molar-refractivity contribution is 0.673. The molecule has 110 valence electrons. The van der Waals surface area contributed by atoms with E-state index in [4.69, 9.17) is 5.73 Å². The first-order chi connectivity index (χ1) is 8.72. The van der Waals surface area contributed by atoms with Gasteiger partial charge in [-0.05, 0) is 13.3 Å². The van der Waals surface area contributed by atoms with Gasteiger partial charge in [0.25, 0.3) is 0 Å². The molecule has 3 N–H and O–H groups in total. The Balaban J connectivity index is 0.00000324. The Hall–Kier alpha value is -0.370. The van der Waals surface area contributed by atoms with Crippen LogP contribution < -0.4 is 11.1 Å². The SMILES string of the molecule is CCCCCCN=C(N)NCCc1csc(C)n1.I. The van der Waals surface area contributed by atoms with E-state index in [1.54, 1.807) is 11.3 Å². The summed E-state index contributed by atoms with van der Waals surface area (Å²) >= 11 is 1.68. The standard InChI is InChI=1S/C13H24N4S.HI/c1-3-4-5-6-8-15-13(14)16-9-7-12-10-18-11(2)17-12;/h10H,3-9H2,1-2H3,(H3,14,15,16);1H. The number of thiazole rings is 1. The van der Waals surface area contributed by atoms with E-state index in [1.165, 1.54) is 19.3 Å². The number of guanidine groups is 1. The predicted molar refractivity (Wildman–Crippen MR) is 94.6 cm³/mol. The van der Waals surface area contributed by atoms with E-state index in [9.17, 15) is 0 Å². The molecular formula is C13H25IN4S. The van der Waals surface area contributed by atoms with Gasteiger partial charge in [-0.25, -0.2) is 4.98 Å². The van der Waals surface area contributed by atoms with Crippen molar-refractivity contribution in [3.8, 4) is 0 Å². The highest BCUT2D eigenvalue weighted by molar-refractivity contribution is 14.0. The predicted octanol–water partition coefficient (Wildman–Crippen LogP) is 3.10. The Morgan fingerprint density at radius 1 is 1.42 bits per heavy atom. The van der Waals surface area contributed by atoms with E-state index in [0.717, 1.165) is 36.6 Å². The molecule has 0 saturated heterocycles. The monoisotopic (exact) mass is 396 g/mol. The summed E-state index contributed by atoms with van der Waals surface area (Å²) in [5.41, 5.74) is 6.90. The van der Waals surface area contributed by atoms with Crippen molar-refractivity contribution in [2.45, 2.75) is 46.0 Å². The van der Waals surface area contributed by atoms with Crippen LogP contribution in [0.4, 0.5) is 0 Å². The molecule has 0 atom stereocenters. The van der Waals surface area contributed by atoms with Crippen molar-refractivity contribution >= 4 is 41.3 Å². The number of unbranched alkanes of at least 4 members (excludes halogenated alkanes) is 3. The van der Waals surface area contributed by atoms with Crippen molar-refractivity contribution in [2.24, 2.45) is 10.7 Å². The minimum absolute atomic E-state index is 0. The maximum absolute atomic E-state index is 5.78. The quantitative estimate of drug-likeness (QED) is 0.307. The van der Waals surface area contributed by atoms with E-state index in [1.807, 2.05) is 6.92 Å². The van der Waals surface area contributed by atoms with E-state index >= 15 is 0 Å². The summed E-state index contributed by atoms with van der Waals surface area (Å²) in [6.07, 6.45) is 5.81. The van der Waals surface area contributed by atoms with Crippen LogP contribution in [0.3, 0.4) is 0 Å². The van der Waals surface area contributed by atoms with Crippen LogP contribution in [0.5, 0.6) is 0 Å². The first-order valence-corrected chi connectivity index (χ1v) is 7.55. The van der Waals surface area contributed by atoms with Gasteiger partial charge in [0.1, 0.15) is 0 Å². The molecular weight excluding hydrogens is 371 g/mol. The summed E-state index contributed by atoms with van der Waals surface area (Å²) in [7, 11) is 0. The lowest BCUT2D eigenvalue weighted by Crippen LogP contribution is -2.33. The molecule has 0 radical (unpaired) electrons. The lowest BCUT2D eigenvalue weighted by Gasteiger charge is -2.04. The molecule has 0 fully saturated rings. The molecule has 0 unspecified atom stereocenters. The zero-order valence-electron chi connectivity index (χ0n) is 11.8. The largest absolute Gasteiger partial charge is 0.370 e. The fourth-order valence-corrected chi connectivity index (χ4v) is 2.28. The average molecular weight is 396 g/mol. The molecule has 19 heavy (non-hydrogen) atoms. The fraction of sp³-hybridized carbons (Fsp3) is 0.692. The van der Waals surface area contributed by atoms with Gasteiger partial charge in [0.15, 0.2) is 5.96 Å². The molecule has 6 heteroatoms. The summed E-state index contributed by atoms with van der Waals surface area (Å²) in [4.78, 5) is 8.70. The van der Waals surface area contributed by atoms with Gasteiger partial charge >= 0.3 is 0 Å². The Bertz CT molecular complexity index is 365. The maximum Gasteiger partial charge on any atom is 0.188 e. The molecule has 0 bridgehead atoms. The highest BCUT2D eigenvalue weighted by atomic mass is 127. The van der Waals surface area contributed by atoms with Crippen molar-refractivity contribution in [1.82, 2.24) is 10.3 Å². The van der Waals surface area contributed by atoms with Gasteiger partial charge in [-0.2, -0.15) is 0 Å². The summed E-state index contributed by atoms with van der Waals surface area (Å²) in [6.45, 7) is 5.86. The van der Waals surface area contributed by atoms with Crippen molar-refractivity contribution in [3.63, 3.8) is 0 Å². The number of aromatic nitrogens is 1. The molecule has 1 heterocycles. The van der Waals surface area contributed by atoms with Gasteiger partial charge in [0.2, 0.25) is 0 Å². The normalized spacial score (nSPS) is 11.2. The Labute approximate surface area is 137 Å². The van der Waals surface area contributed by atoms with Gasteiger partial charge in [0.05, 0.1) is 10.7 Å². The number of hydrogen-bond acceptors (Lipinski definition) is 3. The minimum atomic E-state index is 0. The number of nitrogens with zero attached hydrogens (tertiary/aromatic N) is 2. The number of rotatable bonds is 8. The molecule has 1 aromatic rings. The van der Waals surface area contributed by atoms with Crippen molar-refractivity contribution in [1.29, 1.82) is 0 Å². The van der Waals surface area contributed by atoms with Gasteiger partial charge in [-0.15, -0.1) is 35.3 Å². The van der Waals surface area contributed by atoms with Crippen molar-refractivity contribution in [2.75, 3.05) is 13.1 Å². The molecule has 0 spiro atoms. The highest BCUT2D eigenvalue weighted by Crippen LogP contribution is 2.07. The van der Waals surface area contributed by atoms with Crippen LogP contribution in [-0.4, -0.2) is 24.0 Å². The average Bonchev–Trinajstić information content (AvgIpc) is 2.75. The lowest BCUT2D eigenvalue weighted by atomic mass is 10.2. The zero-order chi connectivity index (χ0) is 13.2. The third-order valence-corrected chi connectivity index (χ3v) is 3.47. The van der Waals surface area contributed by atoms with Crippen molar-refractivity contribution in [3.05, 3.63) is 16.1 Å². The molecule has 0 aliphatic heterocycles. The molecule has 0 aliphatic rings. The van der Waals surface area contributed by atoms with Gasteiger partial charge in [0, 0.05) is 24.9 Å². The molecule has 0 aliphatic carbocycles. The van der Waals surface area contributed by atoms with E-state index < -0.39 is 0 Å². The minimum Gasteiger partial charge on any atom is -0.370 e. The Morgan fingerprint density at radius 2 is 2.21 bits per heavy atom. The summed E-state index contributed by atoms with van der Waals surface area (Å²) < 4.78 is 0. The third kappa shape index (κ3) is 9.21. The number of hydrogen-bond donors (Lipinski definition) is 2. The smallest absolute Gasteiger partial charge is 0.188 e. The van der Waals surface area contributed by atoms with Crippen LogP contribution >= 0.6 is 35.3 Å². The van der Waals surface area contributed by atoms with Gasteiger partial charge in [-0.3, -0.25) is 4.99 Å². The highest BCUT2D eigenvalue weighted by Gasteiger charge is 1.98. The van der Waals surface area contributed by atoms with E-state index in [0.29, 0.717) is 5.96 Å².